The Hall–Kier alpha value is -2.01. The third kappa shape index (κ3) is 8.02. The highest BCUT2D eigenvalue weighted by atomic mass is 127. The van der Waals surface area contributed by atoms with Crippen LogP contribution in [0.2, 0.25) is 5.02 Å². The standard InChI is InChI=1S/C20H24ClF2N3O3.HI/c1-24-20(25-9-8-14-5-6-15(27-2)11-16(14)21)26-12-13-4-7-17(28-3)18(10-13)29-19(22)23;/h4-7,10-11,19H,8-9,12H2,1-3H3,(H2,24,25,26);1H. The minimum absolute atomic E-state index is 0. The number of guanidine groups is 1. The molecule has 0 saturated carbocycles. The second kappa shape index (κ2) is 13.3. The van der Waals surface area contributed by atoms with Gasteiger partial charge in [0.2, 0.25) is 0 Å². The molecule has 0 aliphatic rings. The molecule has 0 aliphatic carbocycles. The number of nitrogens with one attached hydrogen (secondary N) is 2. The summed E-state index contributed by atoms with van der Waals surface area (Å²) in [5, 5.41) is 6.95. The fourth-order valence-corrected chi connectivity index (χ4v) is 2.86. The summed E-state index contributed by atoms with van der Waals surface area (Å²) in [5.41, 5.74) is 1.72. The molecule has 166 valence electrons. The van der Waals surface area contributed by atoms with Gasteiger partial charge < -0.3 is 24.8 Å². The number of hydrogen-bond acceptors (Lipinski definition) is 4. The van der Waals surface area contributed by atoms with E-state index < -0.39 is 6.61 Å². The van der Waals surface area contributed by atoms with Gasteiger partial charge in [-0.3, -0.25) is 4.99 Å². The topological polar surface area (TPSA) is 64.1 Å². The molecule has 0 atom stereocenters. The van der Waals surface area contributed by atoms with Gasteiger partial charge in [0.25, 0.3) is 0 Å². The van der Waals surface area contributed by atoms with Gasteiger partial charge in [0.1, 0.15) is 5.75 Å². The predicted molar refractivity (Wildman–Crippen MR) is 125 cm³/mol. The SMILES string of the molecule is CN=C(NCCc1ccc(OC)cc1Cl)NCc1ccc(OC)c(OC(F)F)c1.I. The van der Waals surface area contributed by atoms with E-state index in [0.29, 0.717) is 36.2 Å². The Bertz CT molecular complexity index is 841. The van der Waals surface area contributed by atoms with Gasteiger partial charge in [0.15, 0.2) is 17.5 Å². The minimum Gasteiger partial charge on any atom is -0.497 e. The molecule has 0 aliphatic heterocycles. The average molecular weight is 556 g/mol. The van der Waals surface area contributed by atoms with Gasteiger partial charge >= 0.3 is 6.61 Å². The average Bonchev–Trinajstić information content (AvgIpc) is 2.71. The molecule has 2 rings (SSSR count). The molecule has 0 amide bonds. The number of halogens is 4. The maximum absolute atomic E-state index is 12.5. The lowest BCUT2D eigenvalue weighted by molar-refractivity contribution is -0.0512. The van der Waals surface area contributed by atoms with E-state index in [4.69, 9.17) is 21.1 Å². The highest BCUT2D eigenvalue weighted by molar-refractivity contribution is 14.0. The molecule has 2 aromatic carbocycles. The molecule has 0 aromatic heterocycles. The fraction of sp³-hybridized carbons (Fsp3) is 0.350. The number of nitrogens with zero attached hydrogens (tertiary/aromatic N) is 1. The van der Waals surface area contributed by atoms with Crippen molar-refractivity contribution in [2.75, 3.05) is 27.8 Å². The second-order valence-corrected chi connectivity index (χ2v) is 6.33. The molecular weight excluding hydrogens is 531 g/mol. The Labute approximate surface area is 197 Å². The highest BCUT2D eigenvalue weighted by Crippen LogP contribution is 2.29. The summed E-state index contributed by atoms with van der Waals surface area (Å²) in [6.07, 6.45) is 0.693. The molecule has 0 unspecified atom stereocenters. The van der Waals surface area contributed by atoms with Gasteiger partial charge in [0.05, 0.1) is 14.2 Å². The van der Waals surface area contributed by atoms with Crippen LogP contribution in [0.5, 0.6) is 17.2 Å². The van der Waals surface area contributed by atoms with Crippen molar-refractivity contribution in [3.63, 3.8) is 0 Å². The molecule has 2 aromatic rings. The molecule has 30 heavy (non-hydrogen) atoms. The predicted octanol–water partition coefficient (Wildman–Crippen LogP) is 4.48. The second-order valence-electron chi connectivity index (χ2n) is 5.92. The van der Waals surface area contributed by atoms with Crippen molar-refractivity contribution in [3.8, 4) is 17.2 Å². The van der Waals surface area contributed by atoms with E-state index in [1.807, 2.05) is 12.1 Å². The molecule has 0 fully saturated rings. The van der Waals surface area contributed by atoms with Crippen LogP contribution in [0, 0.1) is 0 Å². The zero-order chi connectivity index (χ0) is 21.2. The summed E-state index contributed by atoms with van der Waals surface area (Å²) in [6.45, 7) is -1.95. The molecule has 0 saturated heterocycles. The lowest BCUT2D eigenvalue weighted by atomic mass is 10.1. The maximum atomic E-state index is 12.5. The fourth-order valence-electron chi connectivity index (χ4n) is 2.60. The molecule has 0 heterocycles. The first-order chi connectivity index (χ1) is 14.0. The summed E-state index contributed by atoms with van der Waals surface area (Å²) in [5.74, 6) is 1.51. The number of methoxy groups -OCH3 is 2. The summed E-state index contributed by atoms with van der Waals surface area (Å²) in [7, 11) is 4.63. The van der Waals surface area contributed by atoms with Crippen molar-refractivity contribution >= 4 is 41.5 Å². The molecule has 6 nitrogen and oxygen atoms in total. The number of benzene rings is 2. The monoisotopic (exact) mass is 555 g/mol. The van der Waals surface area contributed by atoms with Crippen LogP contribution in [0.3, 0.4) is 0 Å². The first-order valence-corrected chi connectivity index (χ1v) is 9.23. The van der Waals surface area contributed by atoms with Gasteiger partial charge in [-0.05, 0) is 41.8 Å². The Morgan fingerprint density at radius 3 is 2.43 bits per heavy atom. The summed E-state index contributed by atoms with van der Waals surface area (Å²) >= 11 is 6.24. The van der Waals surface area contributed by atoms with E-state index in [9.17, 15) is 8.78 Å². The van der Waals surface area contributed by atoms with E-state index in [-0.39, 0.29) is 35.5 Å². The lowest BCUT2D eigenvalue weighted by Gasteiger charge is -2.14. The molecule has 0 bridgehead atoms. The first-order valence-electron chi connectivity index (χ1n) is 8.85. The van der Waals surface area contributed by atoms with Crippen LogP contribution in [0.4, 0.5) is 8.78 Å². The van der Waals surface area contributed by atoms with Crippen molar-refractivity contribution in [2.24, 2.45) is 4.99 Å². The van der Waals surface area contributed by atoms with Gasteiger partial charge in [0, 0.05) is 25.2 Å². The normalized spacial score (nSPS) is 11.0. The van der Waals surface area contributed by atoms with Crippen LogP contribution < -0.4 is 24.8 Å². The maximum Gasteiger partial charge on any atom is 0.387 e. The molecule has 2 N–H and O–H groups in total. The van der Waals surface area contributed by atoms with Crippen molar-refractivity contribution in [1.29, 1.82) is 0 Å². The summed E-state index contributed by atoms with van der Waals surface area (Å²) in [6, 6.07) is 10.4. The molecule has 10 heteroatoms. The van der Waals surface area contributed by atoms with Crippen molar-refractivity contribution in [1.82, 2.24) is 10.6 Å². The van der Waals surface area contributed by atoms with E-state index >= 15 is 0 Å². The Kier molecular flexibility index (Phi) is 11.6. The van der Waals surface area contributed by atoms with Gasteiger partial charge in [-0.1, -0.05) is 23.7 Å². The number of rotatable bonds is 9. The zero-order valence-electron chi connectivity index (χ0n) is 16.9. The molecule has 0 spiro atoms. The van der Waals surface area contributed by atoms with Crippen molar-refractivity contribution in [3.05, 3.63) is 52.5 Å². The number of aliphatic imine (C=N–C) groups is 1. The quantitative estimate of drug-likeness (QED) is 0.271. The first kappa shape index (κ1) is 26.0. The number of hydrogen-bond donors (Lipinski definition) is 2. The molecular formula is C20H25ClF2IN3O3. The Balaban J connectivity index is 0.00000450. The summed E-state index contributed by atoms with van der Waals surface area (Å²) in [4.78, 5) is 4.15. The Morgan fingerprint density at radius 1 is 1.07 bits per heavy atom. The van der Waals surface area contributed by atoms with Gasteiger partial charge in [-0.15, -0.1) is 24.0 Å². The third-order valence-electron chi connectivity index (χ3n) is 4.07. The van der Waals surface area contributed by atoms with Crippen LogP contribution in [0.25, 0.3) is 0 Å². The van der Waals surface area contributed by atoms with Crippen molar-refractivity contribution in [2.45, 2.75) is 19.6 Å². The van der Waals surface area contributed by atoms with Crippen LogP contribution in [0.15, 0.2) is 41.4 Å². The lowest BCUT2D eigenvalue weighted by Crippen LogP contribution is -2.37. The minimum atomic E-state index is -2.92. The highest BCUT2D eigenvalue weighted by Gasteiger charge is 2.11. The Morgan fingerprint density at radius 2 is 1.83 bits per heavy atom. The van der Waals surface area contributed by atoms with Crippen LogP contribution >= 0.6 is 35.6 Å². The van der Waals surface area contributed by atoms with E-state index in [2.05, 4.69) is 20.4 Å². The van der Waals surface area contributed by atoms with Gasteiger partial charge in [-0.25, -0.2) is 0 Å². The number of alkyl halides is 2. The van der Waals surface area contributed by atoms with E-state index in [1.54, 1.807) is 32.4 Å². The van der Waals surface area contributed by atoms with Crippen LogP contribution in [0.1, 0.15) is 11.1 Å². The van der Waals surface area contributed by atoms with E-state index in [1.165, 1.54) is 13.2 Å². The smallest absolute Gasteiger partial charge is 0.387 e. The number of ether oxygens (including phenoxy) is 3. The zero-order valence-corrected chi connectivity index (χ0v) is 20.0. The van der Waals surface area contributed by atoms with Crippen LogP contribution in [-0.2, 0) is 13.0 Å². The van der Waals surface area contributed by atoms with E-state index in [0.717, 1.165) is 11.1 Å². The van der Waals surface area contributed by atoms with Crippen molar-refractivity contribution < 1.29 is 23.0 Å². The van der Waals surface area contributed by atoms with Gasteiger partial charge in [-0.2, -0.15) is 8.78 Å². The third-order valence-corrected chi connectivity index (χ3v) is 4.43. The van der Waals surface area contributed by atoms with Crippen LogP contribution in [-0.4, -0.2) is 40.4 Å². The largest absolute Gasteiger partial charge is 0.497 e. The molecule has 0 radical (unpaired) electrons. The summed E-state index contributed by atoms with van der Waals surface area (Å²) < 4.78 is 39.8.